The summed E-state index contributed by atoms with van der Waals surface area (Å²) in [4.78, 5) is 1.65. The second kappa shape index (κ2) is 3.25. The minimum absolute atomic E-state index is 0.768. The number of fused-ring (bicyclic) bond motifs is 2. The van der Waals surface area contributed by atoms with E-state index in [9.17, 15) is 0 Å². The van der Waals surface area contributed by atoms with Crippen molar-refractivity contribution in [2.45, 2.75) is 12.3 Å². The maximum absolute atomic E-state index is 2.42. The fraction of sp³-hybridized carbons (Fsp3) is 0.385. The van der Waals surface area contributed by atoms with E-state index in [2.05, 4.69) is 42.6 Å². The molecule has 14 heavy (non-hydrogen) atoms. The topological polar surface area (TPSA) is 4.44 Å². The highest BCUT2D eigenvalue weighted by atomic mass is 15.1. The summed E-state index contributed by atoms with van der Waals surface area (Å²) in [6.45, 7) is 2.63. The molecule has 3 heterocycles. The number of allylic oxidation sites excluding steroid dienone is 1. The number of hydrogen-bond acceptors (Lipinski definition) is 0. The zero-order valence-electron chi connectivity index (χ0n) is 8.32. The fourth-order valence-electron chi connectivity index (χ4n) is 2.80. The van der Waals surface area contributed by atoms with Crippen molar-refractivity contribution < 1.29 is 4.90 Å². The SMILES string of the molecule is C1=C[NH+]2CC[C@H]1[C@@H](c1ccccc1)C2. The maximum atomic E-state index is 2.42. The molecule has 1 aromatic carbocycles. The molecule has 1 fully saturated rings. The zero-order valence-corrected chi connectivity index (χ0v) is 8.32. The van der Waals surface area contributed by atoms with E-state index in [4.69, 9.17) is 0 Å². The van der Waals surface area contributed by atoms with Crippen LogP contribution in [-0.2, 0) is 0 Å². The lowest BCUT2D eigenvalue weighted by Gasteiger charge is -2.37. The number of hydrogen-bond donors (Lipinski definition) is 1. The summed E-state index contributed by atoms with van der Waals surface area (Å²) >= 11 is 0. The fourth-order valence-corrected chi connectivity index (χ4v) is 2.80. The molecule has 0 spiro atoms. The Morgan fingerprint density at radius 1 is 1.14 bits per heavy atom. The van der Waals surface area contributed by atoms with E-state index in [1.54, 1.807) is 4.90 Å². The normalized spacial score (nSPS) is 34.7. The Kier molecular flexibility index (Phi) is 1.91. The van der Waals surface area contributed by atoms with Gasteiger partial charge < -0.3 is 4.90 Å². The second-order valence-corrected chi connectivity index (χ2v) is 4.44. The third-order valence-electron chi connectivity index (χ3n) is 3.60. The Bertz CT molecular complexity index is 342. The van der Waals surface area contributed by atoms with Gasteiger partial charge in [0.1, 0.15) is 0 Å². The van der Waals surface area contributed by atoms with Gasteiger partial charge >= 0.3 is 0 Å². The van der Waals surface area contributed by atoms with Crippen molar-refractivity contribution in [3.8, 4) is 0 Å². The van der Waals surface area contributed by atoms with Crippen LogP contribution in [0.1, 0.15) is 17.9 Å². The first-order valence-electron chi connectivity index (χ1n) is 5.51. The Morgan fingerprint density at radius 3 is 2.57 bits per heavy atom. The largest absolute Gasteiger partial charge is 0.308 e. The summed E-state index contributed by atoms with van der Waals surface area (Å²) in [6.07, 6.45) is 6.14. The molecule has 0 aliphatic carbocycles. The molecule has 1 unspecified atom stereocenters. The maximum Gasteiger partial charge on any atom is 0.0904 e. The molecule has 3 atom stereocenters. The van der Waals surface area contributed by atoms with Crippen LogP contribution in [0.2, 0.25) is 0 Å². The standard InChI is InChI=1S/C13H15N/c1-2-4-11(5-3-1)13-10-14-8-6-12(13)7-9-14/h1-6,8,12-13H,7,9-10H2/p+1/t12-,13+/m0/s1. The second-order valence-electron chi connectivity index (χ2n) is 4.44. The molecule has 4 rings (SSSR count). The van der Waals surface area contributed by atoms with Crippen molar-refractivity contribution in [3.05, 3.63) is 48.2 Å². The number of quaternary nitrogens is 1. The molecule has 2 bridgehead atoms. The van der Waals surface area contributed by atoms with Crippen molar-refractivity contribution in [1.29, 1.82) is 0 Å². The lowest BCUT2D eigenvalue weighted by atomic mass is 9.79. The minimum atomic E-state index is 0.768. The van der Waals surface area contributed by atoms with Crippen LogP contribution < -0.4 is 4.90 Å². The summed E-state index contributed by atoms with van der Waals surface area (Å²) in [6, 6.07) is 11.0. The van der Waals surface area contributed by atoms with Gasteiger partial charge in [-0.3, -0.25) is 0 Å². The molecule has 0 radical (unpaired) electrons. The van der Waals surface area contributed by atoms with Crippen LogP contribution in [0, 0.1) is 5.92 Å². The van der Waals surface area contributed by atoms with E-state index in [-0.39, 0.29) is 0 Å². The first kappa shape index (κ1) is 8.25. The lowest BCUT2D eigenvalue weighted by Crippen LogP contribution is -3.10. The van der Waals surface area contributed by atoms with E-state index in [0.29, 0.717) is 0 Å². The van der Waals surface area contributed by atoms with Crippen molar-refractivity contribution in [2.24, 2.45) is 5.92 Å². The van der Waals surface area contributed by atoms with Gasteiger partial charge in [0.15, 0.2) is 0 Å². The van der Waals surface area contributed by atoms with Gasteiger partial charge in [0.25, 0.3) is 0 Å². The van der Waals surface area contributed by atoms with Crippen LogP contribution in [0.25, 0.3) is 0 Å². The van der Waals surface area contributed by atoms with Gasteiger partial charge in [0.2, 0.25) is 0 Å². The van der Waals surface area contributed by atoms with E-state index >= 15 is 0 Å². The third-order valence-corrected chi connectivity index (χ3v) is 3.60. The first-order valence-corrected chi connectivity index (χ1v) is 5.51. The van der Waals surface area contributed by atoms with Crippen molar-refractivity contribution in [2.75, 3.05) is 13.1 Å². The Morgan fingerprint density at radius 2 is 2.00 bits per heavy atom. The Labute approximate surface area is 85.0 Å². The summed E-state index contributed by atoms with van der Waals surface area (Å²) < 4.78 is 0. The highest BCUT2D eigenvalue weighted by Crippen LogP contribution is 2.30. The summed E-state index contributed by atoms with van der Waals surface area (Å²) in [7, 11) is 0. The smallest absolute Gasteiger partial charge is 0.0904 e. The van der Waals surface area contributed by atoms with Crippen LogP contribution in [0.4, 0.5) is 0 Å². The Hall–Kier alpha value is -1.08. The molecule has 3 aliphatic rings. The molecule has 0 amide bonds. The average molecular weight is 186 g/mol. The van der Waals surface area contributed by atoms with E-state index < -0.39 is 0 Å². The molecule has 1 N–H and O–H groups in total. The molecular formula is C13H16N+. The van der Waals surface area contributed by atoms with E-state index in [1.165, 1.54) is 25.1 Å². The van der Waals surface area contributed by atoms with Gasteiger partial charge in [0.05, 0.1) is 19.3 Å². The average Bonchev–Trinajstić information content (AvgIpc) is 2.32. The highest BCUT2D eigenvalue weighted by molar-refractivity contribution is 5.22. The van der Waals surface area contributed by atoms with Crippen LogP contribution in [0.15, 0.2) is 42.6 Å². The number of nitrogens with one attached hydrogen (secondary N) is 1. The number of rotatable bonds is 1. The van der Waals surface area contributed by atoms with Crippen molar-refractivity contribution in [1.82, 2.24) is 0 Å². The third kappa shape index (κ3) is 1.28. The monoisotopic (exact) mass is 186 g/mol. The van der Waals surface area contributed by atoms with Crippen LogP contribution in [-0.4, -0.2) is 13.1 Å². The lowest BCUT2D eigenvalue weighted by molar-refractivity contribution is -0.860. The van der Waals surface area contributed by atoms with Crippen molar-refractivity contribution >= 4 is 0 Å². The van der Waals surface area contributed by atoms with E-state index in [0.717, 1.165) is 11.8 Å². The molecule has 1 heteroatoms. The van der Waals surface area contributed by atoms with Crippen LogP contribution in [0.5, 0.6) is 0 Å². The van der Waals surface area contributed by atoms with E-state index in [1.807, 2.05) is 0 Å². The van der Waals surface area contributed by atoms with Gasteiger partial charge in [-0.15, -0.1) is 0 Å². The first-order chi connectivity index (χ1) is 6.93. The zero-order chi connectivity index (χ0) is 9.38. The van der Waals surface area contributed by atoms with Crippen molar-refractivity contribution in [3.63, 3.8) is 0 Å². The summed E-state index contributed by atoms with van der Waals surface area (Å²) in [5.41, 5.74) is 1.53. The van der Waals surface area contributed by atoms with Gasteiger partial charge in [-0.1, -0.05) is 30.3 Å². The minimum Gasteiger partial charge on any atom is -0.308 e. The molecule has 1 nitrogen and oxygen atoms in total. The molecule has 3 aliphatic heterocycles. The number of piperidine rings is 1. The van der Waals surface area contributed by atoms with Gasteiger partial charge in [-0.05, 0) is 17.6 Å². The van der Waals surface area contributed by atoms with Gasteiger partial charge in [-0.2, -0.15) is 0 Å². The molecule has 72 valence electrons. The summed E-state index contributed by atoms with van der Waals surface area (Å²) in [5.74, 6) is 1.57. The van der Waals surface area contributed by atoms with Gasteiger partial charge in [0, 0.05) is 12.3 Å². The molecule has 0 saturated carbocycles. The van der Waals surface area contributed by atoms with Gasteiger partial charge in [-0.25, -0.2) is 0 Å². The molecule has 0 aromatic heterocycles. The van der Waals surface area contributed by atoms with Crippen LogP contribution >= 0.6 is 0 Å². The predicted octanol–water partition coefficient (Wildman–Crippen LogP) is 1.20. The number of benzene rings is 1. The van der Waals surface area contributed by atoms with Crippen LogP contribution in [0.3, 0.4) is 0 Å². The molecule has 1 saturated heterocycles. The molecule has 1 aromatic rings. The highest BCUT2D eigenvalue weighted by Gasteiger charge is 2.34. The molecular weight excluding hydrogens is 170 g/mol. The predicted molar refractivity (Wildman–Crippen MR) is 57.1 cm³/mol. The quantitative estimate of drug-likeness (QED) is 0.672. The Balaban J connectivity index is 1.91. The summed E-state index contributed by atoms with van der Waals surface area (Å²) in [5, 5.41) is 0.